The fourth-order valence-electron chi connectivity index (χ4n) is 1.52. The fourth-order valence-corrected chi connectivity index (χ4v) is 1.52. The molecule has 0 bridgehead atoms. The highest BCUT2D eigenvalue weighted by atomic mass is 16.7. The van der Waals surface area contributed by atoms with Crippen LogP contribution < -0.4 is 9.47 Å². The molecule has 0 radical (unpaired) electrons. The molecule has 2 rings (SSSR count). The minimum atomic E-state index is 0.265. The lowest BCUT2D eigenvalue weighted by molar-refractivity contribution is 0.174. The number of rotatable bonds is 5. The summed E-state index contributed by atoms with van der Waals surface area (Å²) in [7, 11) is 1.46. The lowest BCUT2D eigenvalue weighted by atomic mass is 10.2. The number of hydrogen-bond donors (Lipinski definition) is 0. The van der Waals surface area contributed by atoms with Gasteiger partial charge in [0, 0.05) is 6.08 Å². The average molecular weight is 261 g/mol. The number of hydrogen-bond acceptors (Lipinski definition) is 5. The van der Waals surface area contributed by atoms with E-state index in [1.54, 1.807) is 12.2 Å². The van der Waals surface area contributed by atoms with Crippen molar-refractivity contribution < 1.29 is 19.0 Å². The summed E-state index contributed by atoms with van der Waals surface area (Å²) in [4.78, 5) is 4.70. The van der Waals surface area contributed by atoms with E-state index in [4.69, 9.17) is 19.0 Å². The highest BCUT2D eigenvalue weighted by Crippen LogP contribution is 2.32. The Hall–Kier alpha value is -2.43. The van der Waals surface area contributed by atoms with Gasteiger partial charge in [-0.05, 0) is 28.9 Å². The van der Waals surface area contributed by atoms with Crippen molar-refractivity contribution in [2.45, 2.75) is 0 Å². The third kappa shape index (κ3) is 3.51. The van der Waals surface area contributed by atoms with Gasteiger partial charge < -0.3 is 19.0 Å². The summed E-state index contributed by atoms with van der Waals surface area (Å²) in [5, 5.41) is 3.75. The van der Waals surface area contributed by atoms with E-state index in [0.717, 1.165) is 17.1 Å². The van der Waals surface area contributed by atoms with Crippen molar-refractivity contribution in [2.24, 2.45) is 5.16 Å². The Labute approximate surface area is 111 Å². The molecule has 0 saturated heterocycles. The van der Waals surface area contributed by atoms with Crippen LogP contribution in [0.1, 0.15) is 5.56 Å². The first-order chi connectivity index (χ1) is 9.33. The Bertz CT molecular complexity index is 508. The van der Waals surface area contributed by atoms with Gasteiger partial charge in [-0.3, -0.25) is 0 Å². The van der Waals surface area contributed by atoms with E-state index >= 15 is 0 Å². The first kappa shape index (κ1) is 13.0. The van der Waals surface area contributed by atoms with Gasteiger partial charge in [0.1, 0.15) is 13.7 Å². The summed E-state index contributed by atoms with van der Waals surface area (Å²) in [5.74, 6) is 1.87. The Morgan fingerprint density at radius 2 is 2.26 bits per heavy atom. The van der Waals surface area contributed by atoms with Gasteiger partial charge in [-0.1, -0.05) is 18.7 Å². The summed E-state index contributed by atoms with van der Waals surface area (Å²) in [6, 6.07) is 5.67. The van der Waals surface area contributed by atoms with Crippen LogP contribution in [0.15, 0.2) is 42.1 Å². The van der Waals surface area contributed by atoms with Gasteiger partial charge >= 0.3 is 0 Å². The van der Waals surface area contributed by atoms with E-state index in [9.17, 15) is 0 Å². The maximum Gasteiger partial charge on any atom is 0.250 e. The number of benzene rings is 1. The van der Waals surface area contributed by atoms with Crippen LogP contribution in [-0.2, 0) is 9.57 Å². The summed E-state index contributed by atoms with van der Waals surface area (Å²) >= 11 is 0. The molecule has 0 amide bonds. The number of ether oxygens (including phenoxy) is 3. The molecule has 1 heterocycles. The molecule has 0 aromatic heterocycles. The van der Waals surface area contributed by atoms with Crippen molar-refractivity contribution in [3.05, 3.63) is 42.5 Å². The number of oxime groups is 1. The van der Waals surface area contributed by atoms with E-state index in [1.807, 2.05) is 24.3 Å². The van der Waals surface area contributed by atoms with Crippen LogP contribution in [0, 0.1) is 0 Å². The van der Waals surface area contributed by atoms with Crippen LogP contribution in [0.2, 0.25) is 0 Å². The molecule has 0 unspecified atom stereocenters. The van der Waals surface area contributed by atoms with Gasteiger partial charge in [-0.25, -0.2) is 0 Å². The quantitative estimate of drug-likeness (QED) is 0.354. The zero-order valence-electron chi connectivity index (χ0n) is 10.7. The molecule has 1 aromatic rings. The molecule has 0 fully saturated rings. The van der Waals surface area contributed by atoms with Crippen LogP contribution in [0.3, 0.4) is 0 Å². The maximum absolute atomic E-state index is 5.31. The molecule has 19 heavy (non-hydrogen) atoms. The zero-order valence-corrected chi connectivity index (χ0v) is 10.7. The molecule has 1 aliphatic rings. The van der Waals surface area contributed by atoms with E-state index in [2.05, 4.69) is 11.7 Å². The third-order valence-corrected chi connectivity index (χ3v) is 2.35. The summed E-state index contributed by atoms with van der Waals surface area (Å²) < 4.78 is 15.9. The zero-order chi connectivity index (χ0) is 13.5. The lowest BCUT2D eigenvalue weighted by Gasteiger charge is -2.02. The maximum atomic E-state index is 5.31. The second-order valence-corrected chi connectivity index (χ2v) is 3.66. The van der Waals surface area contributed by atoms with Gasteiger partial charge in [0.05, 0.1) is 0 Å². The summed E-state index contributed by atoms with van der Waals surface area (Å²) in [6.07, 6.45) is 5.20. The Morgan fingerprint density at radius 1 is 1.42 bits per heavy atom. The SMILES string of the molecule is C=CCOC(/C=C/c1ccc2c(c1)OCO2)=N\OC. The molecule has 1 aliphatic heterocycles. The van der Waals surface area contributed by atoms with Crippen LogP contribution in [0.4, 0.5) is 0 Å². The van der Waals surface area contributed by atoms with Gasteiger partial charge in [-0.15, -0.1) is 0 Å². The van der Waals surface area contributed by atoms with Crippen molar-refractivity contribution >= 4 is 12.0 Å². The topological polar surface area (TPSA) is 49.3 Å². The molecule has 5 heteroatoms. The predicted octanol–water partition coefficient (Wildman–Crippen LogP) is 2.59. The molecular weight excluding hydrogens is 246 g/mol. The van der Waals surface area contributed by atoms with Crippen molar-refractivity contribution in [1.82, 2.24) is 0 Å². The molecular formula is C14H15NO4. The van der Waals surface area contributed by atoms with Crippen LogP contribution >= 0.6 is 0 Å². The van der Waals surface area contributed by atoms with Crippen LogP contribution in [0.25, 0.3) is 6.08 Å². The molecule has 0 N–H and O–H groups in total. The highest BCUT2D eigenvalue weighted by molar-refractivity contribution is 5.91. The smallest absolute Gasteiger partial charge is 0.250 e. The predicted molar refractivity (Wildman–Crippen MR) is 72.2 cm³/mol. The monoisotopic (exact) mass is 261 g/mol. The van der Waals surface area contributed by atoms with Crippen LogP contribution in [-0.4, -0.2) is 26.4 Å². The van der Waals surface area contributed by atoms with E-state index in [-0.39, 0.29) is 6.79 Å². The molecule has 1 aromatic carbocycles. The van der Waals surface area contributed by atoms with E-state index in [1.165, 1.54) is 7.11 Å². The number of fused-ring (bicyclic) bond motifs is 1. The fraction of sp³-hybridized carbons (Fsp3) is 0.214. The second kappa shape index (κ2) is 6.49. The lowest BCUT2D eigenvalue weighted by Crippen LogP contribution is -2.01. The minimum absolute atomic E-state index is 0.265. The first-order valence-corrected chi connectivity index (χ1v) is 5.76. The summed E-state index contributed by atoms with van der Waals surface area (Å²) in [6.45, 7) is 4.21. The average Bonchev–Trinajstić information content (AvgIpc) is 2.89. The van der Waals surface area contributed by atoms with Gasteiger partial charge in [0.25, 0.3) is 5.90 Å². The van der Waals surface area contributed by atoms with Gasteiger partial charge in [0.15, 0.2) is 11.5 Å². The van der Waals surface area contributed by atoms with Crippen molar-refractivity contribution in [3.63, 3.8) is 0 Å². The van der Waals surface area contributed by atoms with Crippen molar-refractivity contribution in [2.75, 3.05) is 20.5 Å². The van der Waals surface area contributed by atoms with E-state index in [0.29, 0.717) is 12.5 Å². The minimum Gasteiger partial charge on any atom is -0.471 e. The molecule has 0 atom stereocenters. The molecule has 0 aliphatic carbocycles. The second-order valence-electron chi connectivity index (χ2n) is 3.66. The first-order valence-electron chi connectivity index (χ1n) is 5.76. The Balaban J connectivity index is 2.07. The third-order valence-electron chi connectivity index (χ3n) is 2.35. The molecule has 5 nitrogen and oxygen atoms in total. The number of nitrogens with zero attached hydrogens (tertiary/aromatic N) is 1. The van der Waals surface area contributed by atoms with Crippen LogP contribution in [0.5, 0.6) is 11.5 Å². The standard InChI is InChI=1S/C14H15NO4/c1-3-8-17-14(15-16-2)7-5-11-4-6-12-13(9-11)19-10-18-12/h3-7,9H,1,8,10H2,2H3/b7-5+,15-14-. The highest BCUT2D eigenvalue weighted by Gasteiger charge is 2.12. The molecule has 100 valence electrons. The van der Waals surface area contributed by atoms with Crippen molar-refractivity contribution in [1.29, 1.82) is 0 Å². The summed E-state index contributed by atoms with van der Waals surface area (Å²) in [5.41, 5.74) is 0.954. The molecule has 0 spiro atoms. The molecule has 0 saturated carbocycles. The van der Waals surface area contributed by atoms with E-state index < -0.39 is 0 Å². The Kier molecular flexibility index (Phi) is 4.44. The van der Waals surface area contributed by atoms with Gasteiger partial charge in [-0.2, -0.15) is 0 Å². The van der Waals surface area contributed by atoms with Gasteiger partial charge in [0.2, 0.25) is 6.79 Å². The largest absolute Gasteiger partial charge is 0.471 e. The Morgan fingerprint density at radius 3 is 3.05 bits per heavy atom. The van der Waals surface area contributed by atoms with Crippen molar-refractivity contribution in [3.8, 4) is 11.5 Å². The normalized spacial score (nSPS) is 13.6.